The zero-order chi connectivity index (χ0) is 40.0. The van der Waals surface area contributed by atoms with Crippen LogP contribution in [-0.4, -0.2) is 0 Å². The van der Waals surface area contributed by atoms with E-state index in [0.29, 0.717) is 0 Å². The van der Waals surface area contributed by atoms with Crippen molar-refractivity contribution in [3.8, 4) is 33.4 Å². The summed E-state index contributed by atoms with van der Waals surface area (Å²) in [5.41, 5.74) is 13.6. The van der Waals surface area contributed by atoms with Gasteiger partial charge in [0.25, 0.3) is 0 Å². The van der Waals surface area contributed by atoms with Gasteiger partial charge in [-0.15, -0.1) is 0 Å². The molecule has 60 heavy (non-hydrogen) atoms. The van der Waals surface area contributed by atoms with E-state index in [4.69, 9.17) is 0 Å². The summed E-state index contributed by atoms with van der Waals surface area (Å²) in [6.07, 6.45) is 0. The Labute approximate surface area is 350 Å². The molecule has 0 aromatic heterocycles. The molecule has 0 fully saturated rings. The second-order valence-electron chi connectivity index (χ2n) is 16.9. The van der Waals surface area contributed by atoms with Gasteiger partial charge in [-0.2, -0.15) is 0 Å². The van der Waals surface area contributed by atoms with E-state index in [2.05, 4.69) is 231 Å². The van der Waals surface area contributed by atoms with Gasteiger partial charge in [-0.25, -0.2) is 0 Å². The fraction of sp³-hybridized carbons (Fsp3) is 0.0508. The SMILES string of the molecule is CC1(C)c2cc(-c3cc4ccccc4c4ccccc34)ccc2-c2ccc(N(c3ccccc3)c3ccc4cc(-c5cc6ccccc6c6ccccc56)ccc4c3)cc21. The average Bonchev–Trinajstić information content (AvgIpc) is 3.53. The Bertz CT molecular complexity index is 3520. The van der Waals surface area contributed by atoms with Gasteiger partial charge in [0, 0.05) is 22.5 Å². The molecule has 0 amide bonds. The number of anilines is 3. The van der Waals surface area contributed by atoms with Crippen molar-refractivity contribution in [2.45, 2.75) is 19.3 Å². The Morgan fingerprint density at radius 1 is 0.283 bits per heavy atom. The van der Waals surface area contributed by atoms with Crippen molar-refractivity contribution in [2.24, 2.45) is 0 Å². The van der Waals surface area contributed by atoms with Gasteiger partial charge >= 0.3 is 0 Å². The molecule has 12 rings (SSSR count). The van der Waals surface area contributed by atoms with Crippen LogP contribution in [0.3, 0.4) is 0 Å². The fourth-order valence-electron chi connectivity index (χ4n) is 10.2. The van der Waals surface area contributed by atoms with Gasteiger partial charge in [-0.1, -0.05) is 166 Å². The normalized spacial score (nSPS) is 13.0. The van der Waals surface area contributed by atoms with Crippen LogP contribution in [0.4, 0.5) is 17.1 Å². The number of benzene rings is 11. The highest BCUT2D eigenvalue weighted by Crippen LogP contribution is 2.52. The quantitative estimate of drug-likeness (QED) is 0.158. The third kappa shape index (κ3) is 5.33. The molecule has 1 nitrogen and oxygen atoms in total. The minimum Gasteiger partial charge on any atom is -0.310 e. The molecule has 11 aromatic carbocycles. The molecule has 0 saturated heterocycles. The molecule has 0 N–H and O–H groups in total. The van der Waals surface area contributed by atoms with Crippen molar-refractivity contribution in [2.75, 3.05) is 4.90 Å². The molecule has 0 aliphatic heterocycles. The molecule has 0 atom stereocenters. The predicted octanol–water partition coefficient (Wildman–Crippen LogP) is 16.6. The van der Waals surface area contributed by atoms with Crippen molar-refractivity contribution >= 4 is 70.9 Å². The van der Waals surface area contributed by atoms with Crippen LogP contribution in [0.5, 0.6) is 0 Å². The van der Waals surface area contributed by atoms with E-state index in [0.717, 1.165) is 17.1 Å². The van der Waals surface area contributed by atoms with Crippen LogP contribution < -0.4 is 4.90 Å². The maximum absolute atomic E-state index is 2.46. The molecule has 11 aromatic rings. The van der Waals surface area contributed by atoms with Crippen LogP contribution in [0.1, 0.15) is 25.0 Å². The van der Waals surface area contributed by atoms with Gasteiger partial charge in [0.15, 0.2) is 0 Å². The molecule has 0 saturated carbocycles. The monoisotopic (exact) mass is 763 g/mol. The zero-order valence-corrected chi connectivity index (χ0v) is 33.7. The molecule has 0 heterocycles. The molecule has 0 radical (unpaired) electrons. The van der Waals surface area contributed by atoms with Gasteiger partial charge < -0.3 is 4.90 Å². The lowest BCUT2D eigenvalue weighted by atomic mass is 9.81. The Balaban J connectivity index is 0.945. The van der Waals surface area contributed by atoms with Crippen molar-refractivity contribution in [3.63, 3.8) is 0 Å². The highest BCUT2D eigenvalue weighted by atomic mass is 15.1. The van der Waals surface area contributed by atoms with Gasteiger partial charge in [-0.05, 0) is 159 Å². The molecular weight excluding hydrogens is 723 g/mol. The first kappa shape index (κ1) is 34.6. The average molecular weight is 764 g/mol. The third-order valence-electron chi connectivity index (χ3n) is 13.2. The highest BCUT2D eigenvalue weighted by molar-refractivity contribution is 6.15. The molecule has 0 unspecified atom stereocenters. The topological polar surface area (TPSA) is 3.24 Å². The summed E-state index contributed by atoms with van der Waals surface area (Å²) in [5.74, 6) is 0. The van der Waals surface area contributed by atoms with Gasteiger partial charge in [0.2, 0.25) is 0 Å². The van der Waals surface area contributed by atoms with E-state index in [1.165, 1.54) is 98.4 Å². The van der Waals surface area contributed by atoms with Crippen molar-refractivity contribution in [1.29, 1.82) is 0 Å². The third-order valence-corrected chi connectivity index (χ3v) is 13.2. The van der Waals surface area contributed by atoms with E-state index in [-0.39, 0.29) is 5.41 Å². The van der Waals surface area contributed by atoms with Crippen LogP contribution in [-0.2, 0) is 5.41 Å². The van der Waals surface area contributed by atoms with Crippen LogP contribution in [0.15, 0.2) is 212 Å². The van der Waals surface area contributed by atoms with Gasteiger partial charge in [0.1, 0.15) is 0 Å². The summed E-state index contributed by atoms with van der Waals surface area (Å²) in [7, 11) is 0. The first-order chi connectivity index (χ1) is 29.5. The van der Waals surface area contributed by atoms with E-state index >= 15 is 0 Å². The Morgan fingerprint density at radius 2 is 0.733 bits per heavy atom. The van der Waals surface area contributed by atoms with E-state index in [1.807, 2.05) is 0 Å². The van der Waals surface area contributed by atoms with Gasteiger partial charge in [0.05, 0.1) is 0 Å². The van der Waals surface area contributed by atoms with Crippen molar-refractivity contribution in [1.82, 2.24) is 0 Å². The summed E-state index contributed by atoms with van der Waals surface area (Å²) in [6, 6.07) is 78.7. The number of hydrogen-bond acceptors (Lipinski definition) is 1. The highest BCUT2D eigenvalue weighted by Gasteiger charge is 2.36. The minimum absolute atomic E-state index is 0.196. The lowest BCUT2D eigenvalue weighted by Gasteiger charge is -2.28. The number of para-hydroxylation sites is 1. The number of fused-ring (bicyclic) bond motifs is 10. The van der Waals surface area contributed by atoms with Crippen molar-refractivity contribution in [3.05, 3.63) is 223 Å². The van der Waals surface area contributed by atoms with Crippen molar-refractivity contribution < 1.29 is 0 Å². The predicted molar refractivity (Wildman–Crippen MR) is 257 cm³/mol. The van der Waals surface area contributed by atoms with Crippen LogP contribution in [0, 0.1) is 0 Å². The molecule has 0 bridgehead atoms. The molecule has 282 valence electrons. The van der Waals surface area contributed by atoms with Crippen LogP contribution in [0.2, 0.25) is 0 Å². The summed E-state index contributed by atoms with van der Waals surface area (Å²) in [6.45, 7) is 4.78. The summed E-state index contributed by atoms with van der Waals surface area (Å²) in [4.78, 5) is 2.41. The Kier molecular flexibility index (Phi) is 7.65. The van der Waals surface area contributed by atoms with E-state index in [1.54, 1.807) is 0 Å². The van der Waals surface area contributed by atoms with Crippen LogP contribution >= 0.6 is 0 Å². The summed E-state index contributed by atoms with van der Waals surface area (Å²) < 4.78 is 0. The zero-order valence-electron chi connectivity index (χ0n) is 33.7. The lowest BCUT2D eigenvalue weighted by Crippen LogP contribution is -2.16. The first-order valence-corrected chi connectivity index (χ1v) is 21.0. The Hall–Kier alpha value is -7.48. The first-order valence-electron chi connectivity index (χ1n) is 21.0. The number of rotatable bonds is 5. The second-order valence-corrected chi connectivity index (χ2v) is 16.9. The number of nitrogens with zero attached hydrogens (tertiary/aromatic N) is 1. The van der Waals surface area contributed by atoms with Gasteiger partial charge in [-0.3, -0.25) is 0 Å². The second kappa shape index (κ2) is 13.3. The maximum atomic E-state index is 2.46. The molecule has 0 spiro atoms. The summed E-state index contributed by atoms with van der Waals surface area (Å²) in [5, 5.41) is 12.7. The molecule has 1 heteroatoms. The number of hydrogen-bond donors (Lipinski definition) is 0. The largest absolute Gasteiger partial charge is 0.310 e. The molecule has 1 aliphatic rings. The smallest absolute Gasteiger partial charge is 0.0468 e. The molecule has 1 aliphatic carbocycles. The van der Waals surface area contributed by atoms with E-state index < -0.39 is 0 Å². The maximum Gasteiger partial charge on any atom is 0.0468 e. The fourth-order valence-corrected chi connectivity index (χ4v) is 10.2. The standard InChI is InChI=1S/C59H41N/c1-59(2)57-36-43(56-35-41-15-7-9-19-48(41)50-21-11-13-23-52(50)56)27-30-53(57)54-31-29-46(37-58(54)59)60(44-16-4-3-5-17-44)45-28-26-38-32-42(25-24-39(38)33-45)55-34-40-14-6-8-18-47(40)49-20-10-12-22-51(49)55/h3-37H,1-2H3. The lowest BCUT2D eigenvalue weighted by molar-refractivity contribution is 0.660. The van der Waals surface area contributed by atoms with Crippen LogP contribution in [0.25, 0.3) is 87.2 Å². The van der Waals surface area contributed by atoms with E-state index in [9.17, 15) is 0 Å². The summed E-state index contributed by atoms with van der Waals surface area (Å²) >= 11 is 0. The minimum atomic E-state index is -0.196. The Morgan fingerprint density at radius 3 is 1.38 bits per heavy atom. The molecular formula is C59H41N.